The molecule has 3 heteroatoms. The zero-order valence-electron chi connectivity index (χ0n) is 9.48. The van der Waals surface area contributed by atoms with Gasteiger partial charge >= 0.3 is 5.97 Å². The Morgan fingerprint density at radius 2 is 2.20 bits per heavy atom. The molecule has 3 atom stereocenters. The molecule has 15 heavy (non-hydrogen) atoms. The van der Waals surface area contributed by atoms with Gasteiger partial charge in [0.2, 0.25) is 0 Å². The van der Waals surface area contributed by atoms with Crippen LogP contribution in [-0.4, -0.2) is 35.1 Å². The molecule has 0 radical (unpaired) electrons. The van der Waals surface area contributed by atoms with Gasteiger partial charge in [-0.05, 0) is 50.5 Å². The second kappa shape index (κ2) is 4.52. The van der Waals surface area contributed by atoms with Crippen molar-refractivity contribution in [1.29, 1.82) is 0 Å². The lowest BCUT2D eigenvalue weighted by Crippen LogP contribution is -2.49. The minimum absolute atomic E-state index is 0.246. The monoisotopic (exact) mass is 211 g/mol. The summed E-state index contributed by atoms with van der Waals surface area (Å²) in [6, 6.07) is 0.561. The fourth-order valence-electron chi connectivity index (χ4n) is 3.37. The number of carboxylic acids is 1. The number of carboxylic acid groups (broad SMARTS) is 1. The fraction of sp³-hybridized carbons (Fsp3) is 0.917. The van der Waals surface area contributed by atoms with Crippen LogP contribution >= 0.6 is 0 Å². The maximum Gasteiger partial charge on any atom is 0.317 e. The van der Waals surface area contributed by atoms with Gasteiger partial charge in [-0.2, -0.15) is 0 Å². The molecule has 2 rings (SSSR count). The summed E-state index contributed by atoms with van der Waals surface area (Å²) < 4.78 is 0. The lowest BCUT2D eigenvalue weighted by Gasteiger charge is -2.45. The molecule has 1 saturated carbocycles. The summed E-state index contributed by atoms with van der Waals surface area (Å²) in [6.07, 6.45) is 6.28. The van der Waals surface area contributed by atoms with E-state index in [0.717, 1.165) is 18.4 Å². The molecule has 0 bridgehead atoms. The first-order valence-corrected chi connectivity index (χ1v) is 6.12. The average molecular weight is 211 g/mol. The molecule has 1 N–H and O–H groups in total. The van der Waals surface area contributed by atoms with Gasteiger partial charge in [0.15, 0.2) is 0 Å². The van der Waals surface area contributed by atoms with E-state index in [1.807, 2.05) is 0 Å². The normalized spacial score (nSPS) is 37.3. The number of fused-ring (bicyclic) bond motifs is 1. The third kappa shape index (κ3) is 2.51. The van der Waals surface area contributed by atoms with Gasteiger partial charge in [-0.3, -0.25) is 9.69 Å². The maximum atomic E-state index is 10.8. The molecule has 3 unspecified atom stereocenters. The average Bonchev–Trinajstić information content (AvgIpc) is 2.16. The summed E-state index contributed by atoms with van der Waals surface area (Å²) in [4.78, 5) is 13.0. The Labute approximate surface area is 91.5 Å². The van der Waals surface area contributed by atoms with Crippen LogP contribution in [0.5, 0.6) is 0 Å². The summed E-state index contributed by atoms with van der Waals surface area (Å²) >= 11 is 0. The molecule has 1 heterocycles. The topological polar surface area (TPSA) is 40.5 Å². The molecular formula is C12H21NO2. The Hall–Kier alpha value is -0.570. The molecule has 0 amide bonds. The molecule has 2 fully saturated rings. The number of aliphatic carboxylic acids is 1. The van der Waals surface area contributed by atoms with E-state index < -0.39 is 5.97 Å². The Morgan fingerprint density at radius 1 is 1.40 bits per heavy atom. The number of likely N-dealkylation sites (tertiary alicyclic amines) is 1. The summed E-state index contributed by atoms with van der Waals surface area (Å²) in [5, 5.41) is 8.87. The van der Waals surface area contributed by atoms with Crippen LogP contribution in [0, 0.1) is 11.8 Å². The van der Waals surface area contributed by atoms with Crippen LogP contribution in [0.15, 0.2) is 0 Å². The highest BCUT2D eigenvalue weighted by Gasteiger charge is 2.35. The fourth-order valence-corrected chi connectivity index (χ4v) is 3.37. The minimum Gasteiger partial charge on any atom is -0.480 e. The lowest BCUT2D eigenvalue weighted by molar-refractivity contribution is -0.140. The first kappa shape index (κ1) is 10.9. The van der Waals surface area contributed by atoms with E-state index in [-0.39, 0.29) is 6.54 Å². The van der Waals surface area contributed by atoms with Gasteiger partial charge in [0, 0.05) is 6.04 Å². The van der Waals surface area contributed by atoms with Gasteiger partial charge in [-0.1, -0.05) is 6.92 Å². The van der Waals surface area contributed by atoms with Gasteiger partial charge in [-0.15, -0.1) is 0 Å². The van der Waals surface area contributed by atoms with Crippen molar-refractivity contribution in [3.63, 3.8) is 0 Å². The van der Waals surface area contributed by atoms with E-state index in [2.05, 4.69) is 11.8 Å². The molecule has 1 aliphatic carbocycles. The third-order valence-corrected chi connectivity index (χ3v) is 4.03. The Morgan fingerprint density at radius 3 is 2.93 bits per heavy atom. The Bertz CT molecular complexity index is 242. The SMILES string of the molecule is CC1CCC2C(CCCN2CC(=O)O)C1. The van der Waals surface area contributed by atoms with Gasteiger partial charge in [0.05, 0.1) is 6.54 Å². The van der Waals surface area contributed by atoms with Crippen LogP contribution in [0.1, 0.15) is 39.0 Å². The highest BCUT2D eigenvalue weighted by molar-refractivity contribution is 5.69. The van der Waals surface area contributed by atoms with E-state index in [4.69, 9.17) is 5.11 Å². The predicted octanol–water partition coefficient (Wildman–Crippen LogP) is 1.97. The molecule has 3 nitrogen and oxygen atoms in total. The van der Waals surface area contributed by atoms with Crippen LogP contribution in [0.2, 0.25) is 0 Å². The van der Waals surface area contributed by atoms with Crippen LogP contribution < -0.4 is 0 Å². The van der Waals surface area contributed by atoms with Gasteiger partial charge in [0.1, 0.15) is 0 Å². The number of carbonyl (C=O) groups is 1. The van der Waals surface area contributed by atoms with E-state index in [1.54, 1.807) is 0 Å². The van der Waals surface area contributed by atoms with Gasteiger partial charge in [0.25, 0.3) is 0 Å². The number of nitrogens with zero attached hydrogens (tertiary/aromatic N) is 1. The van der Waals surface area contributed by atoms with Crippen LogP contribution in [0.25, 0.3) is 0 Å². The zero-order valence-corrected chi connectivity index (χ0v) is 9.48. The number of hydrogen-bond acceptors (Lipinski definition) is 2. The Balaban J connectivity index is 1.98. The molecule has 0 spiro atoms. The van der Waals surface area contributed by atoms with Crippen molar-refractivity contribution < 1.29 is 9.90 Å². The first-order chi connectivity index (χ1) is 7.16. The third-order valence-electron chi connectivity index (χ3n) is 4.03. The second-order valence-electron chi connectivity index (χ2n) is 5.25. The van der Waals surface area contributed by atoms with Crippen LogP contribution in [0.3, 0.4) is 0 Å². The van der Waals surface area contributed by atoms with Crippen molar-refractivity contribution in [3.05, 3.63) is 0 Å². The molecule has 0 aromatic rings. The zero-order chi connectivity index (χ0) is 10.8. The van der Waals surface area contributed by atoms with E-state index in [9.17, 15) is 4.79 Å². The summed E-state index contributed by atoms with van der Waals surface area (Å²) in [6.45, 7) is 3.56. The Kier molecular flexibility index (Phi) is 3.29. The smallest absolute Gasteiger partial charge is 0.317 e. The summed E-state index contributed by atoms with van der Waals surface area (Å²) in [7, 11) is 0. The van der Waals surface area contributed by atoms with Crippen molar-refractivity contribution in [1.82, 2.24) is 4.90 Å². The van der Waals surface area contributed by atoms with Crippen molar-refractivity contribution >= 4 is 5.97 Å². The van der Waals surface area contributed by atoms with Crippen molar-refractivity contribution in [2.24, 2.45) is 11.8 Å². The van der Waals surface area contributed by atoms with Crippen LogP contribution in [0.4, 0.5) is 0 Å². The first-order valence-electron chi connectivity index (χ1n) is 6.12. The van der Waals surface area contributed by atoms with Gasteiger partial charge in [-0.25, -0.2) is 0 Å². The molecule has 0 aromatic carbocycles. The standard InChI is InChI=1S/C12H21NO2/c1-9-4-5-11-10(7-9)3-2-6-13(11)8-12(14)15/h9-11H,2-8H2,1H3,(H,14,15). The molecule has 1 aliphatic heterocycles. The van der Waals surface area contributed by atoms with E-state index >= 15 is 0 Å². The van der Waals surface area contributed by atoms with Crippen molar-refractivity contribution in [3.8, 4) is 0 Å². The highest BCUT2D eigenvalue weighted by Crippen LogP contribution is 2.37. The van der Waals surface area contributed by atoms with Crippen molar-refractivity contribution in [2.45, 2.75) is 45.1 Å². The van der Waals surface area contributed by atoms with Gasteiger partial charge < -0.3 is 5.11 Å². The highest BCUT2D eigenvalue weighted by atomic mass is 16.4. The van der Waals surface area contributed by atoms with Crippen LogP contribution in [-0.2, 0) is 4.79 Å². The molecule has 86 valence electrons. The maximum absolute atomic E-state index is 10.8. The number of piperidine rings is 1. The molecule has 1 saturated heterocycles. The summed E-state index contributed by atoms with van der Waals surface area (Å²) in [5.74, 6) is 0.937. The number of hydrogen-bond donors (Lipinski definition) is 1. The summed E-state index contributed by atoms with van der Waals surface area (Å²) in [5.41, 5.74) is 0. The quantitative estimate of drug-likeness (QED) is 0.759. The molecular weight excluding hydrogens is 190 g/mol. The molecule has 0 aromatic heterocycles. The van der Waals surface area contributed by atoms with Crippen molar-refractivity contribution in [2.75, 3.05) is 13.1 Å². The number of rotatable bonds is 2. The van der Waals surface area contributed by atoms with E-state index in [1.165, 1.54) is 32.1 Å². The predicted molar refractivity (Wildman–Crippen MR) is 58.7 cm³/mol. The largest absolute Gasteiger partial charge is 0.480 e. The lowest BCUT2D eigenvalue weighted by atomic mass is 9.74. The second-order valence-corrected chi connectivity index (χ2v) is 5.25. The van der Waals surface area contributed by atoms with E-state index in [0.29, 0.717) is 6.04 Å². The minimum atomic E-state index is -0.672. The molecule has 2 aliphatic rings.